The van der Waals surface area contributed by atoms with Gasteiger partial charge in [0, 0.05) is 25.2 Å². The number of carbonyl (C=O) groups is 1. The Kier molecular flexibility index (Phi) is 5.48. The Labute approximate surface area is 142 Å². The average molecular weight is 328 g/mol. The molecule has 0 saturated heterocycles. The fourth-order valence-corrected chi connectivity index (χ4v) is 3.21. The number of anilines is 1. The molecule has 0 bridgehead atoms. The van der Waals surface area contributed by atoms with Crippen LogP contribution in [0.3, 0.4) is 0 Å². The summed E-state index contributed by atoms with van der Waals surface area (Å²) in [5, 5.41) is 10.2. The number of aromatic nitrogens is 2. The van der Waals surface area contributed by atoms with Gasteiger partial charge in [0.25, 0.3) is 0 Å². The minimum Gasteiger partial charge on any atom is -0.379 e. The Hall–Kier alpha value is -2.34. The number of carbonyl (C=O) groups excluding carboxylic acids is 1. The van der Waals surface area contributed by atoms with Gasteiger partial charge in [-0.2, -0.15) is 5.10 Å². The second kappa shape index (κ2) is 7.97. The van der Waals surface area contributed by atoms with Crippen LogP contribution in [0.25, 0.3) is 0 Å². The Morgan fingerprint density at radius 3 is 3.00 bits per heavy atom. The summed E-state index contributed by atoms with van der Waals surface area (Å²) in [5.41, 5.74) is 1.87. The van der Waals surface area contributed by atoms with Crippen molar-refractivity contribution in [3.8, 4) is 0 Å². The second-order valence-corrected chi connectivity index (χ2v) is 6.17. The first-order valence-corrected chi connectivity index (χ1v) is 8.41. The zero-order valence-electron chi connectivity index (χ0n) is 13.9. The van der Waals surface area contributed by atoms with E-state index >= 15 is 0 Å². The number of methoxy groups -OCH3 is 1. The third-order valence-corrected chi connectivity index (χ3v) is 4.41. The molecule has 1 fully saturated rings. The lowest BCUT2D eigenvalue weighted by atomic mass is 9.92. The van der Waals surface area contributed by atoms with Crippen molar-refractivity contribution in [2.75, 3.05) is 12.4 Å². The molecule has 6 heteroatoms. The van der Waals surface area contributed by atoms with Crippen LogP contribution in [-0.4, -0.2) is 35.1 Å². The van der Waals surface area contributed by atoms with E-state index in [2.05, 4.69) is 15.7 Å². The monoisotopic (exact) mass is 328 g/mol. The molecule has 0 aliphatic heterocycles. The highest BCUT2D eigenvalue weighted by molar-refractivity contribution is 5.89. The zero-order chi connectivity index (χ0) is 16.8. The highest BCUT2D eigenvalue weighted by Crippen LogP contribution is 2.21. The minimum absolute atomic E-state index is 0.0796. The quantitative estimate of drug-likeness (QED) is 0.886. The van der Waals surface area contributed by atoms with Crippen molar-refractivity contribution in [3.63, 3.8) is 0 Å². The molecule has 0 radical (unpaired) electrons. The molecular formula is C18H24N4O2. The lowest BCUT2D eigenvalue weighted by molar-refractivity contribution is 0.0459. The molecule has 6 nitrogen and oxygen atoms in total. The Balaban J connectivity index is 1.57. The summed E-state index contributed by atoms with van der Waals surface area (Å²) in [5.74, 6) is 0. The van der Waals surface area contributed by atoms with Gasteiger partial charge in [0.2, 0.25) is 0 Å². The highest BCUT2D eigenvalue weighted by Gasteiger charge is 2.26. The predicted molar refractivity (Wildman–Crippen MR) is 93.0 cm³/mol. The van der Waals surface area contributed by atoms with Crippen LogP contribution in [0, 0.1) is 0 Å². The van der Waals surface area contributed by atoms with Gasteiger partial charge in [-0.25, -0.2) is 4.79 Å². The van der Waals surface area contributed by atoms with E-state index in [1.54, 1.807) is 13.3 Å². The van der Waals surface area contributed by atoms with Crippen LogP contribution in [0.15, 0.2) is 42.7 Å². The Morgan fingerprint density at radius 2 is 2.21 bits per heavy atom. The topological polar surface area (TPSA) is 68.2 Å². The van der Waals surface area contributed by atoms with Gasteiger partial charge in [-0.1, -0.05) is 25.0 Å². The largest absolute Gasteiger partial charge is 0.379 e. The van der Waals surface area contributed by atoms with E-state index in [1.807, 2.05) is 41.2 Å². The highest BCUT2D eigenvalue weighted by atomic mass is 16.5. The van der Waals surface area contributed by atoms with Gasteiger partial charge < -0.3 is 15.4 Å². The van der Waals surface area contributed by atoms with Gasteiger partial charge in [-0.05, 0) is 36.6 Å². The van der Waals surface area contributed by atoms with Gasteiger partial charge in [-0.15, -0.1) is 0 Å². The first kappa shape index (κ1) is 16.5. The molecule has 2 N–H and O–H groups in total. The smallest absolute Gasteiger partial charge is 0.319 e. The van der Waals surface area contributed by atoms with Crippen molar-refractivity contribution >= 4 is 11.7 Å². The van der Waals surface area contributed by atoms with Crippen molar-refractivity contribution in [1.29, 1.82) is 0 Å². The summed E-state index contributed by atoms with van der Waals surface area (Å²) in [7, 11) is 1.71. The number of benzene rings is 1. The summed E-state index contributed by atoms with van der Waals surface area (Å²) >= 11 is 0. The predicted octanol–water partition coefficient (Wildman–Crippen LogP) is 3.01. The number of hydrogen-bond acceptors (Lipinski definition) is 3. The summed E-state index contributed by atoms with van der Waals surface area (Å²) in [6.45, 7) is 0.679. The van der Waals surface area contributed by atoms with Crippen LogP contribution in [0.5, 0.6) is 0 Å². The van der Waals surface area contributed by atoms with Crippen molar-refractivity contribution in [3.05, 3.63) is 48.3 Å². The van der Waals surface area contributed by atoms with E-state index in [-0.39, 0.29) is 18.2 Å². The van der Waals surface area contributed by atoms with Gasteiger partial charge in [0.15, 0.2) is 0 Å². The third kappa shape index (κ3) is 4.35. The van der Waals surface area contributed by atoms with E-state index in [4.69, 9.17) is 4.74 Å². The maximum atomic E-state index is 12.3. The van der Waals surface area contributed by atoms with Crippen LogP contribution < -0.4 is 10.6 Å². The molecular weight excluding hydrogens is 304 g/mol. The van der Waals surface area contributed by atoms with Gasteiger partial charge in [0.1, 0.15) is 0 Å². The molecule has 3 rings (SSSR count). The van der Waals surface area contributed by atoms with Crippen LogP contribution in [-0.2, 0) is 11.3 Å². The molecule has 1 saturated carbocycles. The summed E-state index contributed by atoms with van der Waals surface area (Å²) in [4.78, 5) is 12.3. The van der Waals surface area contributed by atoms with Crippen molar-refractivity contribution < 1.29 is 9.53 Å². The van der Waals surface area contributed by atoms with Gasteiger partial charge in [0.05, 0.1) is 18.7 Å². The number of rotatable bonds is 5. The van der Waals surface area contributed by atoms with Crippen LogP contribution in [0.1, 0.15) is 31.2 Å². The van der Waals surface area contributed by atoms with Crippen LogP contribution in [0.2, 0.25) is 0 Å². The van der Waals surface area contributed by atoms with Crippen LogP contribution in [0.4, 0.5) is 10.5 Å². The van der Waals surface area contributed by atoms with Crippen molar-refractivity contribution in [1.82, 2.24) is 15.1 Å². The van der Waals surface area contributed by atoms with E-state index in [1.165, 1.54) is 0 Å². The number of ether oxygens (including phenoxy) is 1. The standard InChI is InChI=1S/C18H24N4O2/c1-24-17-9-3-2-8-16(17)21-18(23)20-15-7-4-6-14(12-15)13-22-11-5-10-19-22/h4-7,10-12,16-17H,2-3,8-9,13H2,1H3,(H2,20,21,23). The Bertz CT molecular complexity index is 657. The Morgan fingerprint density at radius 1 is 1.33 bits per heavy atom. The minimum atomic E-state index is -0.180. The molecule has 2 atom stereocenters. The lowest BCUT2D eigenvalue weighted by Crippen LogP contribution is -2.47. The van der Waals surface area contributed by atoms with Crippen molar-refractivity contribution in [2.45, 2.75) is 44.4 Å². The van der Waals surface area contributed by atoms with E-state index in [9.17, 15) is 4.79 Å². The number of hydrogen-bond donors (Lipinski definition) is 2. The molecule has 2 aromatic rings. The molecule has 1 aliphatic carbocycles. The molecule has 1 aliphatic rings. The van der Waals surface area contributed by atoms with Gasteiger partial charge in [-0.3, -0.25) is 4.68 Å². The number of nitrogens with one attached hydrogen (secondary N) is 2. The molecule has 1 aromatic heterocycles. The zero-order valence-corrected chi connectivity index (χ0v) is 13.9. The SMILES string of the molecule is COC1CCCCC1NC(=O)Nc1cccc(Cn2cccn2)c1. The van der Waals surface area contributed by atoms with Crippen LogP contribution >= 0.6 is 0 Å². The maximum absolute atomic E-state index is 12.3. The first-order chi connectivity index (χ1) is 11.7. The van der Waals surface area contributed by atoms with Crippen molar-refractivity contribution in [2.24, 2.45) is 0 Å². The molecule has 0 spiro atoms. The fourth-order valence-electron chi connectivity index (χ4n) is 3.21. The average Bonchev–Trinajstić information content (AvgIpc) is 3.08. The molecule has 1 heterocycles. The second-order valence-electron chi connectivity index (χ2n) is 6.17. The molecule has 24 heavy (non-hydrogen) atoms. The molecule has 2 amide bonds. The molecule has 1 aromatic carbocycles. The first-order valence-electron chi connectivity index (χ1n) is 8.41. The summed E-state index contributed by atoms with van der Waals surface area (Å²) < 4.78 is 7.33. The van der Waals surface area contributed by atoms with E-state index in [0.29, 0.717) is 6.54 Å². The van der Waals surface area contributed by atoms with E-state index < -0.39 is 0 Å². The fraction of sp³-hybridized carbons (Fsp3) is 0.444. The maximum Gasteiger partial charge on any atom is 0.319 e. The normalized spacial score (nSPS) is 20.5. The molecule has 128 valence electrons. The number of urea groups is 1. The summed E-state index contributed by atoms with van der Waals surface area (Å²) in [6.07, 6.45) is 8.03. The van der Waals surface area contributed by atoms with Gasteiger partial charge >= 0.3 is 6.03 Å². The third-order valence-electron chi connectivity index (χ3n) is 4.41. The van der Waals surface area contributed by atoms with E-state index in [0.717, 1.165) is 36.9 Å². The summed E-state index contributed by atoms with van der Waals surface area (Å²) in [6, 6.07) is 9.61. The number of nitrogens with zero attached hydrogens (tertiary/aromatic N) is 2. The lowest BCUT2D eigenvalue weighted by Gasteiger charge is -2.31. The molecule has 2 unspecified atom stereocenters. The number of amides is 2.